The maximum Gasteiger partial charge on any atom is 0.307 e. The third-order valence-electron chi connectivity index (χ3n) is 4.27. The van der Waals surface area contributed by atoms with Gasteiger partial charge in [-0.15, -0.1) is 0 Å². The van der Waals surface area contributed by atoms with Crippen molar-refractivity contribution < 1.29 is 9.84 Å². The molecule has 0 spiro atoms. The van der Waals surface area contributed by atoms with Crippen molar-refractivity contribution in [2.45, 2.75) is 6.42 Å². The second-order valence-electron chi connectivity index (χ2n) is 5.89. The molecule has 0 fully saturated rings. The van der Waals surface area contributed by atoms with Crippen LogP contribution in [0, 0.1) is 0 Å². The van der Waals surface area contributed by atoms with Crippen LogP contribution in [0.3, 0.4) is 0 Å². The number of thiazole rings is 1. The molecule has 0 atom stereocenters. The second-order valence-corrected chi connectivity index (χ2v) is 6.87. The van der Waals surface area contributed by atoms with Gasteiger partial charge in [-0.25, -0.2) is 0 Å². The molecule has 26 heavy (non-hydrogen) atoms. The number of aromatic amines is 1. The first-order valence-electron chi connectivity index (χ1n) is 8.07. The van der Waals surface area contributed by atoms with E-state index in [2.05, 4.69) is 9.98 Å². The number of aromatic nitrogens is 1. The largest absolute Gasteiger partial charge is 0.497 e. The first-order chi connectivity index (χ1) is 12.7. The highest BCUT2D eigenvalue weighted by atomic mass is 32.1. The van der Waals surface area contributed by atoms with E-state index < -0.39 is 0 Å². The average molecular weight is 364 g/mol. The summed E-state index contributed by atoms with van der Waals surface area (Å²) in [6.45, 7) is 0. The summed E-state index contributed by atoms with van der Waals surface area (Å²) in [5.41, 5.74) is 4.66. The minimum Gasteiger partial charge on any atom is -0.497 e. The van der Waals surface area contributed by atoms with Gasteiger partial charge >= 0.3 is 4.87 Å². The summed E-state index contributed by atoms with van der Waals surface area (Å²) in [5.74, 6) is 0.655. The number of hydrogen-bond donors (Lipinski definition) is 2. The molecule has 3 aromatic rings. The molecule has 6 heteroatoms. The second kappa shape index (κ2) is 6.65. The number of aliphatic imine (C=N–C) groups is 1. The number of benzene rings is 2. The third kappa shape index (κ3) is 2.95. The number of hydrogen-bond acceptors (Lipinski definition) is 5. The topological polar surface area (TPSA) is 74.7 Å². The minimum absolute atomic E-state index is 0.108. The molecule has 1 aliphatic rings. The molecule has 0 bridgehead atoms. The predicted octanol–water partition coefficient (Wildman–Crippen LogP) is 4.02. The Morgan fingerprint density at radius 3 is 2.85 bits per heavy atom. The van der Waals surface area contributed by atoms with Crippen molar-refractivity contribution in [3.8, 4) is 11.6 Å². The van der Waals surface area contributed by atoms with Crippen molar-refractivity contribution in [3.63, 3.8) is 0 Å². The van der Waals surface area contributed by atoms with E-state index in [0.717, 1.165) is 45.0 Å². The van der Waals surface area contributed by atoms with Gasteiger partial charge in [-0.1, -0.05) is 41.7 Å². The first-order valence-corrected chi connectivity index (χ1v) is 8.89. The van der Waals surface area contributed by atoms with Gasteiger partial charge in [0.05, 0.1) is 17.7 Å². The zero-order chi connectivity index (χ0) is 18.1. The van der Waals surface area contributed by atoms with Crippen LogP contribution in [0.1, 0.15) is 16.0 Å². The Morgan fingerprint density at radius 2 is 2.08 bits per heavy atom. The maximum atomic E-state index is 11.8. The lowest BCUT2D eigenvalue weighted by Gasteiger charge is -2.11. The highest BCUT2D eigenvalue weighted by molar-refractivity contribution is 7.10. The zero-order valence-electron chi connectivity index (χ0n) is 14.0. The van der Waals surface area contributed by atoms with Crippen LogP contribution in [0.2, 0.25) is 0 Å². The van der Waals surface area contributed by atoms with E-state index in [1.807, 2.05) is 48.5 Å². The summed E-state index contributed by atoms with van der Waals surface area (Å²) in [4.78, 5) is 18.9. The Morgan fingerprint density at radius 1 is 1.23 bits per heavy atom. The maximum absolute atomic E-state index is 11.8. The lowest BCUT2D eigenvalue weighted by molar-refractivity contribution is 0.414. The lowest BCUT2D eigenvalue weighted by atomic mass is 9.95. The fraction of sp³-hybridized carbons (Fsp3) is 0.100. The zero-order valence-corrected chi connectivity index (χ0v) is 14.8. The van der Waals surface area contributed by atoms with Gasteiger partial charge in [0.2, 0.25) is 5.88 Å². The molecule has 130 valence electrons. The molecule has 2 N–H and O–H groups in total. The van der Waals surface area contributed by atoms with Crippen LogP contribution < -0.4 is 9.61 Å². The molecule has 0 saturated heterocycles. The van der Waals surface area contributed by atoms with Crippen molar-refractivity contribution in [1.29, 1.82) is 0 Å². The highest BCUT2D eigenvalue weighted by Crippen LogP contribution is 2.40. The molecule has 0 aliphatic carbocycles. The number of H-pyrrole nitrogens is 1. The molecule has 1 aromatic heterocycles. The van der Waals surface area contributed by atoms with Crippen molar-refractivity contribution in [3.05, 3.63) is 74.2 Å². The van der Waals surface area contributed by atoms with Crippen LogP contribution >= 0.6 is 11.3 Å². The number of para-hydroxylation sites is 1. The molecule has 1 aliphatic heterocycles. The SMILES string of the molecule is COc1cccc(CC(=C2C=Nc3ccccc32)c2sc(=O)[nH]c2O)c1. The smallest absolute Gasteiger partial charge is 0.307 e. The summed E-state index contributed by atoms with van der Waals surface area (Å²) >= 11 is 1.00. The molecular weight excluding hydrogens is 348 g/mol. The number of fused-ring (bicyclic) bond motifs is 1. The summed E-state index contributed by atoms with van der Waals surface area (Å²) in [6.07, 6.45) is 2.33. The number of nitrogens with one attached hydrogen (secondary N) is 1. The quantitative estimate of drug-likeness (QED) is 0.734. The van der Waals surface area contributed by atoms with Crippen LogP contribution in [0.4, 0.5) is 5.69 Å². The fourth-order valence-corrected chi connectivity index (χ4v) is 3.85. The third-order valence-corrected chi connectivity index (χ3v) is 5.20. The minimum atomic E-state index is -0.288. The van der Waals surface area contributed by atoms with Crippen molar-refractivity contribution >= 4 is 34.4 Å². The lowest BCUT2D eigenvalue weighted by Crippen LogP contribution is -1.96. The molecular formula is C20H16N2O3S. The molecule has 4 rings (SSSR count). The molecule has 0 unspecified atom stereocenters. The van der Waals surface area contributed by atoms with E-state index in [9.17, 15) is 9.90 Å². The van der Waals surface area contributed by atoms with Gasteiger partial charge < -0.3 is 9.84 Å². The van der Waals surface area contributed by atoms with Gasteiger partial charge in [-0.05, 0) is 35.8 Å². The highest BCUT2D eigenvalue weighted by Gasteiger charge is 2.21. The number of allylic oxidation sites excluding steroid dienone is 2. The van der Waals surface area contributed by atoms with Crippen LogP contribution in [0.5, 0.6) is 11.6 Å². The van der Waals surface area contributed by atoms with E-state index in [0.29, 0.717) is 11.3 Å². The van der Waals surface area contributed by atoms with Crippen LogP contribution in [-0.2, 0) is 6.42 Å². The average Bonchev–Trinajstić information content (AvgIpc) is 3.23. The van der Waals surface area contributed by atoms with Crippen LogP contribution in [0.15, 0.2) is 58.3 Å². The Labute approximate surface area is 153 Å². The number of methoxy groups -OCH3 is 1. The van der Waals surface area contributed by atoms with Crippen molar-refractivity contribution in [2.75, 3.05) is 7.11 Å². The van der Waals surface area contributed by atoms with Gasteiger partial charge in [0, 0.05) is 17.4 Å². The van der Waals surface area contributed by atoms with E-state index in [4.69, 9.17) is 4.74 Å². The van der Waals surface area contributed by atoms with Crippen molar-refractivity contribution in [2.24, 2.45) is 4.99 Å². The number of ether oxygens (including phenoxy) is 1. The fourth-order valence-electron chi connectivity index (χ4n) is 3.07. The van der Waals surface area contributed by atoms with E-state index in [1.165, 1.54) is 0 Å². The Kier molecular flexibility index (Phi) is 4.18. The molecule has 0 saturated carbocycles. The Balaban J connectivity index is 1.89. The normalized spacial score (nSPS) is 14.3. The number of aromatic hydroxyl groups is 1. The molecule has 0 amide bonds. The van der Waals surface area contributed by atoms with Gasteiger partial charge in [0.25, 0.3) is 0 Å². The van der Waals surface area contributed by atoms with Gasteiger partial charge in [-0.3, -0.25) is 14.8 Å². The molecule has 2 aromatic carbocycles. The predicted molar refractivity (Wildman–Crippen MR) is 105 cm³/mol. The first kappa shape index (κ1) is 16.4. The standard InChI is InChI=1S/C20H16N2O3S/c1-25-13-6-4-5-12(9-13)10-15(18-19(23)22-20(24)26-18)16-11-21-17-8-3-2-7-14(16)17/h2-9,11,23H,10H2,1H3,(H,22,24). The monoisotopic (exact) mass is 364 g/mol. The van der Waals surface area contributed by atoms with E-state index in [-0.39, 0.29) is 10.8 Å². The van der Waals surface area contributed by atoms with Crippen LogP contribution in [0.25, 0.3) is 11.1 Å². The van der Waals surface area contributed by atoms with Gasteiger partial charge in [-0.2, -0.15) is 0 Å². The Bertz CT molecular complexity index is 1090. The van der Waals surface area contributed by atoms with E-state index in [1.54, 1.807) is 13.3 Å². The summed E-state index contributed by atoms with van der Waals surface area (Å²) in [6, 6.07) is 15.6. The molecule has 0 radical (unpaired) electrons. The summed E-state index contributed by atoms with van der Waals surface area (Å²) < 4.78 is 5.31. The van der Waals surface area contributed by atoms with Gasteiger partial charge in [0.15, 0.2) is 0 Å². The summed E-state index contributed by atoms with van der Waals surface area (Å²) in [7, 11) is 1.63. The van der Waals surface area contributed by atoms with Crippen molar-refractivity contribution in [1.82, 2.24) is 4.98 Å². The Hall–Kier alpha value is -3.12. The van der Waals surface area contributed by atoms with Gasteiger partial charge in [0.1, 0.15) is 5.75 Å². The van der Waals surface area contributed by atoms with Crippen LogP contribution in [-0.4, -0.2) is 23.4 Å². The molecule has 5 nitrogen and oxygen atoms in total. The molecule has 2 heterocycles. The van der Waals surface area contributed by atoms with E-state index >= 15 is 0 Å². The summed E-state index contributed by atoms with van der Waals surface area (Å²) in [5, 5.41) is 10.2. The number of nitrogens with zero attached hydrogens (tertiary/aromatic N) is 1. The number of rotatable bonds is 4.